The van der Waals surface area contributed by atoms with E-state index in [9.17, 15) is 4.79 Å². The topological polar surface area (TPSA) is 38.3 Å². The molecule has 1 aliphatic rings. The Morgan fingerprint density at radius 3 is 2.77 bits per heavy atom. The summed E-state index contributed by atoms with van der Waals surface area (Å²) in [5.74, 6) is 2.18. The summed E-state index contributed by atoms with van der Waals surface area (Å²) >= 11 is 1.92. The van der Waals surface area contributed by atoms with Crippen molar-refractivity contribution in [1.29, 1.82) is 0 Å². The van der Waals surface area contributed by atoms with E-state index in [1.54, 1.807) is 0 Å². The number of nitrogens with one attached hydrogen (secondary N) is 1. The molecule has 0 bridgehead atoms. The molecule has 3 nitrogen and oxygen atoms in total. The van der Waals surface area contributed by atoms with Crippen LogP contribution in [0.15, 0.2) is 0 Å². The molecule has 76 valence electrons. The van der Waals surface area contributed by atoms with Gasteiger partial charge >= 0.3 is 5.97 Å². The van der Waals surface area contributed by atoms with Crippen LogP contribution in [0.3, 0.4) is 0 Å². The highest BCUT2D eigenvalue weighted by atomic mass is 32.2. The summed E-state index contributed by atoms with van der Waals surface area (Å²) in [5, 5.41) is 3.20. The lowest BCUT2D eigenvalue weighted by molar-refractivity contribution is -0.146. The molecule has 0 aromatic heterocycles. The standard InChI is InChI=1S/C9H17NO2S/c1-10-8-4-6-13-5-3-7(8)9(11)12-2/h7-8,10H,3-6H2,1-2H3. The number of ether oxygens (including phenoxy) is 1. The molecule has 1 saturated heterocycles. The van der Waals surface area contributed by atoms with Crippen LogP contribution in [0.1, 0.15) is 12.8 Å². The van der Waals surface area contributed by atoms with Gasteiger partial charge in [-0.2, -0.15) is 11.8 Å². The minimum absolute atomic E-state index is 0.0463. The van der Waals surface area contributed by atoms with Crippen LogP contribution in [0.2, 0.25) is 0 Å². The van der Waals surface area contributed by atoms with E-state index in [4.69, 9.17) is 4.74 Å². The second-order valence-electron chi connectivity index (χ2n) is 3.21. The zero-order chi connectivity index (χ0) is 9.68. The molecule has 1 aliphatic heterocycles. The van der Waals surface area contributed by atoms with E-state index in [0.717, 1.165) is 24.3 Å². The molecule has 2 atom stereocenters. The van der Waals surface area contributed by atoms with Gasteiger partial charge in [0.1, 0.15) is 0 Å². The van der Waals surface area contributed by atoms with Gasteiger partial charge in [-0.25, -0.2) is 0 Å². The molecule has 1 N–H and O–H groups in total. The number of hydrogen-bond donors (Lipinski definition) is 1. The molecule has 0 radical (unpaired) electrons. The molecule has 1 rings (SSSR count). The van der Waals surface area contributed by atoms with E-state index in [-0.39, 0.29) is 11.9 Å². The van der Waals surface area contributed by atoms with Gasteiger partial charge in [0.15, 0.2) is 0 Å². The fourth-order valence-corrected chi connectivity index (χ4v) is 2.75. The Labute approximate surface area is 83.6 Å². The molecule has 2 unspecified atom stereocenters. The first kappa shape index (κ1) is 10.9. The molecule has 0 aromatic carbocycles. The Kier molecular flexibility index (Phi) is 4.59. The van der Waals surface area contributed by atoms with E-state index in [2.05, 4.69) is 5.32 Å². The summed E-state index contributed by atoms with van der Waals surface area (Å²) in [7, 11) is 3.38. The molecule has 0 spiro atoms. The first-order valence-electron chi connectivity index (χ1n) is 4.62. The Morgan fingerprint density at radius 2 is 2.15 bits per heavy atom. The molecule has 1 fully saturated rings. The Bertz CT molecular complexity index is 175. The third-order valence-electron chi connectivity index (χ3n) is 2.51. The molecular weight excluding hydrogens is 186 g/mol. The van der Waals surface area contributed by atoms with Crippen LogP contribution in [0, 0.1) is 5.92 Å². The lowest BCUT2D eigenvalue weighted by Crippen LogP contribution is -2.38. The fourth-order valence-electron chi connectivity index (χ4n) is 1.70. The van der Waals surface area contributed by atoms with Crippen molar-refractivity contribution >= 4 is 17.7 Å². The average molecular weight is 203 g/mol. The monoisotopic (exact) mass is 203 g/mol. The highest BCUT2D eigenvalue weighted by Crippen LogP contribution is 2.23. The predicted octanol–water partition coefficient (Wildman–Crippen LogP) is 0.891. The lowest BCUT2D eigenvalue weighted by Gasteiger charge is -2.21. The third-order valence-corrected chi connectivity index (χ3v) is 3.56. The van der Waals surface area contributed by atoms with Gasteiger partial charge in [-0.1, -0.05) is 0 Å². The number of carbonyl (C=O) groups excluding carboxylic acids is 1. The van der Waals surface area contributed by atoms with Crippen LogP contribution >= 0.6 is 11.8 Å². The van der Waals surface area contributed by atoms with Crippen LogP contribution in [-0.4, -0.2) is 37.7 Å². The van der Waals surface area contributed by atoms with Gasteiger partial charge in [0.2, 0.25) is 0 Å². The highest BCUT2D eigenvalue weighted by Gasteiger charge is 2.29. The Morgan fingerprint density at radius 1 is 1.46 bits per heavy atom. The number of rotatable bonds is 2. The van der Waals surface area contributed by atoms with Crippen LogP contribution in [0.25, 0.3) is 0 Å². The van der Waals surface area contributed by atoms with E-state index in [0.29, 0.717) is 6.04 Å². The maximum atomic E-state index is 11.4. The molecule has 0 aromatic rings. The summed E-state index contributed by atoms with van der Waals surface area (Å²) in [5.41, 5.74) is 0. The Hall–Kier alpha value is -0.220. The van der Waals surface area contributed by atoms with E-state index >= 15 is 0 Å². The summed E-state index contributed by atoms with van der Waals surface area (Å²) < 4.78 is 4.79. The number of methoxy groups -OCH3 is 1. The van der Waals surface area contributed by atoms with Crippen molar-refractivity contribution in [2.75, 3.05) is 25.7 Å². The van der Waals surface area contributed by atoms with Crippen molar-refractivity contribution in [3.05, 3.63) is 0 Å². The summed E-state index contributed by atoms with van der Waals surface area (Å²) in [6, 6.07) is 0.294. The number of hydrogen-bond acceptors (Lipinski definition) is 4. The first-order valence-corrected chi connectivity index (χ1v) is 5.78. The maximum absolute atomic E-state index is 11.4. The van der Waals surface area contributed by atoms with Crippen LogP contribution in [0.4, 0.5) is 0 Å². The summed E-state index contributed by atoms with van der Waals surface area (Å²) in [4.78, 5) is 11.4. The highest BCUT2D eigenvalue weighted by molar-refractivity contribution is 7.99. The zero-order valence-electron chi connectivity index (χ0n) is 8.21. The number of esters is 1. The fraction of sp³-hybridized carbons (Fsp3) is 0.889. The van der Waals surface area contributed by atoms with Gasteiger partial charge in [0.05, 0.1) is 13.0 Å². The minimum Gasteiger partial charge on any atom is -0.469 e. The summed E-state index contributed by atoms with van der Waals surface area (Å²) in [6.07, 6.45) is 1.99. The largest absolute Gasteiger partial charge is 0.469 e. The zero-order valence-corrected chi connectivity index (χ0v) is 9.02. The maximum Gasteiger partial charge on any atom is 0.310 e. The van der Waals surface area contributed by atoms with Crippen LogP contribution in [-0.2, 0) is 9.53 Å². The second-order valence-corrected chi connectivity index (χ2v) is 4.44. The van der Waals surface area contributed by atoms with E-state index in [1.807, 2.05) is 18.8 Å². The molecule has 0 saturated carbocycles. The second kappa shape index (κ2) is 5.50. The molecule has 4 heteroatoms. The van der Waals surface area contributed by atoms with Crippen molar-refractivity contribution in [3.63, 3.8) is 0 Å². The van der Waals surface area contributed by atoms with Crippen molar-refractivity contribution in [3.8, 4) is 0 Å². The Balaban J connectivity index is 2.58. The van der Waals surface area contributed by atoms with Gasteiger partial charge in [-0.15, -0.1) is 0 Å². The SMILES string of the molecule is CNC1CCSCCC1C(=O)OC. The van der Waals surface area contributed by atoms with Gasteiger partial charge in [-0.05, 0) is 31.4 Å². The van der Waals surface area contributed by atoms with Crippen LogP contribution in [0.5, 0.6) is 0 Å². The number of carbonyl (C=O) groups is 1. The average Bonchev–Trinajstić information content (AvgIpc) is 2.41. The smallest absolute Gasteiger partial charge is 0.310 e. The minimum atomic E-state index is -0.0677. The van der Waals surface area contributed by atoms with Crippen molar-refractivity contribution in [2.24, 2.45) is 5.92 Å². The molecule has 0 aliphatic carbocycles. The lowest BCUT2D eigenvalue weighted by atomic mass is 9.95. The van der Waals surface area contributed by atoms with Crippen LogP contribution < -0.4 is 5.32 Å². The number of thioether (sulfide) groups is 1. The van der Waals surface area contributed by atoms with E-state index < -0.39 is 0 Å². The molecule has 1 heterocycles. The molecular formula is C9H17NO2S. The normalized spacial score (nSPS) is 29.4. The summed E-state index contributed by atoms with van der Waals surface area (Å²) in [6.45, 7) is 0. The van der Waals surface area contributed by atoms with Crippen molar-refractivity contribution in [1.82, 2.24) is 5.32 Å². The predicted molar refractivity (Wildman–Crippen MR) is 54.9 cm³/mol. The van der Waals surface area contributed by atoms with Gasteiger partial charge in [0.25, 0.3) is 0 Å². The first-order chi connectivity index (χ1) is 6.29. The quantitative estimate of drug-likeness (QED) is 0.676. The molecule has 13 heavy (non-hydrogen) atoms. The van der Waals surface area contributed by atoms with Crippen molar-refractivity contribution in [2.45, 2.75) is 18.9 Å². The van der Waals surface area contributed by atoms with Gasteiger partial charge < -0.3 is 10.1 Å². The van der Waals surface area contributed by atoms with Crippen molar-refractivity contribution < 1.29 is 9.53 Å². The van der Waals surface area contributed by atoms with Gasteiger partial charge in [0, 0.05) is 6.04 Å². The molecule has 0 amide bonds. The third kappa shape index (κ3) is 2.88. The van der Waals surface area contributed by atoms with Gasteiger partial charge in [-0.3, -0.25) is 4.79 Å². The van der Waals surface area contributed by atoms with E-state index in [1.165, 1.54) is 7.11 Å².